The quantitative estimate of drug-likeness (QED) is 0.0150. The molecule has 0 bridgehead atoms. The van der Waals surface area contributed by atoms with E-state index in [1.807, 2.05) is 0 Å². The zero-order chi connectivity index (χ0) is 92.9. The van der Waals surface area contributed by atoms with Crippen molar-refractivity contribution in [3.8, 4) is 0 Å². The molecule has 14 nitrogen and oxygen atoms in total. The van der Waals surface area contributed by atoms with Gasteiger partial charge >= 0.3 is 61.6 Å². The van der Waals surface area contributed by atoms with Crippen molar-refractivity contribution in [3.63, 3.8) is 0 Å². The fourth-order valence-electron chi connectivity index (χ4n) is 16.7. The van der Waals surface area contributed by atoms with E-state index in [1.165, 1.54) is 372 Å². The molecule has 0 aliphatic heterocycles. The largest absolute Gasteiger partial charge is 2.00 e. The van der Waals surface area contributed by atoms with E-state index in [1.54, 1.807) is 0 Å². The van der Waals surface area contributed by atoms with E-state index in [9.17, 15) is 45.1 Å². The summed E-state index contributed by atoms with van der Waals surface area (Å²) in [6.07, 6.45) is 119. The molecule has 0 radical (unpaired) electrons. The molecule has 2 aromatic rings. The van der Waals surface area contributed by atoms with Gasteiger partial charge in [0.25, 0.3) is 0 Å². The third kappa shape index (κ3) is 82.4. The average Bonchev–Trinajstić information content (AvgIpc) is 0.812. The summed E-state index contributed by atoms with van der Waals surface area (Å²) in [5.41, 5.74) is -0.706. The van der Waals surface area contributed by atoms with Crippen LogP contribution in [0.25, 0.3) is 0 Å². The van der Waals surface area contributed by atoms with Crippen LogP contribution < -0.4 is 0 Å². The zero-order valence-corrected chi connectivity index (χ0v) is 87.6. The number of ether oxygens (including phenoxy) is 4. The van der Waals surface area contributed by atoms with E-state index in [2.05, 4.69) is 76.3 Å². The van der Waals surface area contributed by atoms with Crippen LogP contribution in [0.4, 0.5) is 0 Å². The van der Waals surface area contributed by atoms with Gasteiger partial charge in [0.05, 0.1) is 58.5 Å². The van der Waals surface area contributed by atoms with E-state index in [-0.39, 0.29) is 86.4 Å². The fourth-order valence-corrected chi connectivity index (χ4v) is 17.7. The Morgan fingerprint density at radius 1 is 0.209 bits per heavy atom. The van der Waals surface area contributed by atoms with E-state index < -0.39 is 53.9 Å². The average molecular weight is 1870 g/mol. The van der Waals surface area contributed by atoms with Crippen LogP contribution in [0.3, 0.4) is 0 Å². The Morgan fingerprint density at radius 3 is 0.488 bits per heavy atom. The van der Waals surface area contributed by atoms with Crippen LogP contribution in [0.5, 0.6) is 0 Å². The van der Waals surface area contributed by atoms with Gasteiger partial charge in [0.15, 0.2) is 0 Å². The Hall–Kier alpha value is -3.64. The summed E-state index contributed by atoms with van der Waals surface area (Å²) in [4.78, 5) is 50.7. The maximum absolute atomic E-state index is 13.0. The van der Waals surface area contributed by atoms with Crippen molar-refractivity contribution in [2.45, 2.75) is 551 Å². The minimum atomic E-state index is -4.83. The van der Waals surface area contributed by atoms with Crippen molar-refractivity contribution < 1.29 is 64.1 Å². The zero-order valence-electron chi connectivity index (χ0n) is 83.7. The van der Waals surface area contributed by atoms with E-state index in [4.69, 9.17) is 18.9 Å². The standard InChI is InChI=1S/2C56H98O7S.Ca/c2*1-3-5-7-9-11-13-15-17-19-21-23-25-27-29-31-33-35-37-39-41-43-45-49-62-55(57)53-48-47-52(64(59,60)61)51-54(53)56(58)63-50-46-44-42-40-38-36-34-32-30-28-26-24-22-20-18-16-14-12-10-8-6-4-2;/h2*33-36,47-48,51H,3-32,37-46,49-50H2,1-2H3,(H,59,60,61);/q;;+2/p-2/b2*35-33+,36-34+;. The smallest absolute Gasteiger partial charge is 0.744 e. The van der Waals surface area contributed by atoms with Crippen molar-refractivity contribution in [1.29, 1.82) is 0 Å². The summed E-state index contributed by atoms with van der Waals surface area (Å²) < 4.78 is 92.0. The Kier molecular flexibility index (Phi) is 93.3. The second kappa shape index (κ2) is 96.1. The first-order valence-electron chi connectivity index (χ1n) is 54.1. The second-order valence-electron chi connectivity index (χ2n) is 37.1. The Labute approximate surface area is 824 Å². The molecule has 17 heteroatoms. The molecule has 0 heterocycles. The topological polar surface area (TPSA) is 220 Å². The molecule has 0 aromatic heterocycles. The van der Waals surface area contributed by atoms with Crippen LogP contribution in [-0.4, -0.2) is 114 Å². The number of carbonyl (C=O) groups excluding carboxylic acids is 4. The molecular formula is C112H194CaO14S2. The van der Waals surface area contributed by atoms with Gasteiger partial charge in [-0.15, -0.1) is 0 Å². The predicted octanol–water partition coefficient (Wildman–Crippen LogP) is 34.9. The SMILES string of the molecule is CCCCCCCCCCCCCCCC/C=C/CCCCCCOC(=O)c1ccc(S(=O)(=O)[O-])cc1C(=O)OCCCCCC/C=C/CCCCCCCCCCCCCCCC.CCCCCCCCCCCCCCCC/C=C/CCCCCCOC(=O)c1ccc(S(=O)(=O)[O-])cc1C(=O)OCCCCCC/C=C/CCCCCCCCCCCCCCCC.[Ca+2]. The number of unbranched alkanes of at least 4 members (excludes halogenated alkanes) is 72. The molecule has 0 amide bonds. The van der Waals surface area contributed by atoms with Crippen LogP contribution in [0.2, 0.25) is 0 Å². The summed E-state index contributed by atoms with van der Waals surface area (Å²) in [5, 5.41) is 0. The maximum atomic E-state index is 13.0. The van der Waals surface area contributed by atoms with Gasteiger partial charge in [0, 0.05) is 0 Å². The first kappa shape index (κ1) is 125. The third-order valence-corrected chi connectivity index (χ3v) is 26.7. The minimum Gasteiger partial charge on any atom is -0.744 e. The molecule has 0 aliphatic carbocycles. The van der Waals surface area contributed by atoms with Gasteiger partial charge in [-0.3, -0.25) is 0 Å². The van der Waals surface area contributed by atoms with Gasteiger partial charge in [-0.05, 0) is 165 Å². The van der Waals surface area contributed by atoms with Crippen LogP contribution in [0.1, 0.15) is 583 Å². The fraction of sp³-hybridized carbons (Fsp3) is 0.786. The van der Waals surface area contributed by atoms with E-state index in [0.717, 1.165) is 153 Å². The number of allylic oxidation sites excluding steroid dienone is 8. The van der Waals surface area contributed by atoms with Crippen molar-refractivity contribution in [2.75, 3.05) is 26.4 Å². The summed E-state index contributed by atoms with van der Waals surface area (Å²) in [6, 6.07) is 6.27. The predicted molar refractivity (Wildman–Crippen MR) is 544 cm³/mol. The van der Waals surface area contributed by atoms with Gasteiger partial charge < -0.3 is 28.1 Å². The molecule has 0 unspecified atom stereocenters. The molecule has 0 saturated carbocycles. The molecule has 740 valence electrons. The van der Waals surface area contributed by atoms with Gasteiger partial charge in [0.1, 0.15) is 20.2 Å². The monoisotopic (exact) mass is 1870 g/mol. The summed E-state index contributed by atoms with van der Waals surface area (Å²) >= 11 is 0. The first-order valence-corrected chi connectivity index (χ1v) is 56.9. The molecule has 2 rings (SSSR count). The summed E-state index contributed by atoms with van der Waals surface area (Å²) in [7, 11) is -9.66. The molecule has 0 N–H and O–H groups in total. The van der Waals surface area contributed by atoms with Crippen LogP contribution >= 0.6 is 0 Å². The molecule has 0 atom stereocenters. The molecular weight excluding hydrogens is 1670 g/mol. The van der Waals surface area contributed by atoms with Crippen molar-refractivity contribution in [2.24, 2.45) is 0 Å². The number of hydrogen-bond acceptors (Lipinski definition) is 14. The summed E-state index contributed by atoms with van der Waals surface area (Å²) in [5.74, 6) is -3.13. The Morgan fingerprint density at radius 2 is 0.341 bits per heavy atom. The number of rotatable bonds is 94. The molecule has 0 spiro atoms. The number of benzene rings is 2. The van der Waals surface area contributed by atoms with Gasteiger partial charge in [-0.25, -0.2) is 36.0 Å². The maximum Gasteiger partial charge on any atom is 2.00 e. The van der Waals surface area contributed by atoms with Gasteiger partial charge in [-0.2, -0.15) is 0 Å². The van der Waals surface area contributed by atoms with Crippen molar-refractivity contribution in [1.82, 2.24) is 0 Å². The third-order valence-electron chi connectivity index (χ3n) is 25.0. The molecule has 129 heavy (non-hydrogen) atoms. The molecule has 0 aliphatic rings. The second-order valence-corrected chi connectivity index (χ2v) is 39.9. The Bertz CT molecular complexity index is 3020. The number of esters is 4. The van der Waals surface area contributed by atoms with Crippen molar-refractivity contribution >= 4 is 81.9 Å². The van der Waals surface area contributed by atoms with Gasteiger partial charge in [-0.1, -0.05) is 462 Å². The van der Waals surface area contributed by atoms with Crippen LogP contribution in [0, 0.1) is 0 Å². The van der Waals surface area contributed by atoms with Crippen LogP contribution in [-0.2, 0) is 39.2 Å². The minimum absolute atomic E-state index is 0. The van der Waals surface area contributed by atoms with E-state index >= 15 is 0 Å². The van der Waals surface area contributed by atoms with Crippen molar-refractivity contribution in [3.05, 3.63) is 107 Å². The molecule has 0 fully saturated rings. The number of carbonyl (C=O) groups is 4. The Balaban J connectivity index is 0.00000252. The normalized spacial score (nSPS) is 11.8. The van der Waals surface area contributed by atoms with Gasteiger partial charge in [0.2, 0.25) is 0 Å². The van der Waals surface area contributed by atoms with E-state index in [0.29, 0.717) is 25.7 Å². The number of hydrogen-bond donors (Lipinski definition) is 0. The molecule has 2 aromatic carbocycles. The van der Waals surface area contributed by atoms with Crippen LogP contribution in [0.15, 0.2) is 94.8 Å². The summed E-state index contributed by atoms with van der Waals surface area (Å²) in [6.45, 7) is 9.78. The molecule has 0 saturated heterocycles. The first-order chi connectivity index (χ1) is 62.6.